The molecule has 0 aliphatic rings. The maximum atomic E-state index is 13.0. The Morgan fingerprint density at radius 1 is 0.964 bits per heavy atom. The number of hydrogen-bond donors (Lipinski definition) is 2. The van der Waals surface area contributed by atoms with Crippen LogP contribution in [-0.2, 0) is 10.0 Å². The quantitative estimate of drug-likeness (QED) is 0.536. The topological polar surface area (TPSA) is 80.3 Å². The summed E-state index contributed by atoms with van der Waals surface area (Å²) in [6, 6.07) is 15.0. The lowest BCUT2D eigenvalue weighted by atomic mass is 10.3. The highest BCUT2D eigenvalue weighted by molar-refractivity contribution is 7.92. The number of nitrogens with one attached hydrogen (secondary N) is 2. The van der Waals surface area contributed by atoms with E-state index < -0.39 is 15.8 Å². The summed E-state index contributed by atoms with van der Waals surface area (Å²) < 4.78 is 45.8. The molecule has 0 radical (unpaired) electrons. The van der Waals surface area contributed by atoms with Crippen LogP contribution in [-0.4, -0.2) is 26.6 Å². The molecular weight excluding hydrogens is 405 g/mol. The van der Waals surface area contributed by atoms with Gasteiger partial charge in [0.1, 0.15) is 18.2 Å². The zero-order chi connectivity index (χ0) is 19.1. The van der Waals surface area contributed by atoms with Crippen LogP contribution < -0.4 is 14.8 Å². The van der Waals surface area contributed by atoms with Crippen molar-refractivity contribution < 1.29 is 17.5 Å². The number of nitrogens with zero attached hydrogens (tertiary/aromatic N) is 1. The lowest BCUT2D eigenvalue weighted by Gasteiger charge is -2.11. The maximum Gasteiger partial charge on any atom is 0.261 e. The van der Waals surface area contributed by atoms with Crippen molar-refractivity contribution in [3.05, 3.63) is 78.9 Å². The van der Waals surface area contributed by atoms with Gasteiger partial charge in [-0.1, -0.05) is 6.07 Å². The van der Waals surface area contributed by atoms with Crippen LogP contribution >= 0.6 is 12.4 Å². The molecule has 3 rings (SSSR count). The molecule has 0 fully saturated rings. The van der Waals surface area contributed by atoms with E-state index in [2.05, 4.69) is 15.0 Å². The molecule has 0 spiro atoms. The third-order valence-corrected chi connectivity index (χ3v) is 4.99. The van der Waals surface area contributed by atoms with E-state index in [9.17, 15) is 12.8 Å². The zero-order valence-corrected chi connectivity index (χ0v) is 16.3. The van der Waals surface area contributed by atoms with Gasteiger partial charge < -0.3 is 10.1 Å². The fourth-order valence-corrected chi connectivity index (χ4v) is 3.36. The minimum Gasteiger partial charge on any atom is -0.492 e. The number of halogens is 2. The highest BCUT2D eigenvalue weighted by Gasteiger charge is 2.14. The van der Waals surface area contributed by atoms with Crippen molar-refractivity contribution in [3.63, 3.8) is 0 Å². The average molecular weight is 424 g/mol. The van der Waals surface area contributed by atoms with Gasteiger partial charge in [0.25, 0.3) is 10.0 Å². The van der Waals surface area contributed by atoms with E-state index in [1.807, 2.05) is 12.1 Å². The van der Waals surface area contributed by atoms with Gasteiger partial charge in [-0.05, 0) is 48.5 Å². The molecule has 1 aromatic heterocycles. The van der Waals surface area contributed by atoms with Crippen molar-refractivity contribution >= 4 is 33.8 Å². The number of hydrogen-bond acceptors (Lipinski definition) is 5. The van der Waals surface area contributed by atoms with Crippen LogP contribution in [0.5, 0.6) is 5.75 Å². The van der Waals surface area contributed by atoms with Crippen LogP contribution in [0.25, 0.3) is 0 Å². The molecule has 28 heavy (non-hydrogen) atoms. The fourth-order valence-electron chi connectivity index (χ4n) is 2.31. The predicted molar refractivity (Wildman–Crippen MR) is 109 cm³/mol. The van der Waals surface area contributed by atoms with Gasteiger partial charge >= 0.3 is 0 Å². The molecule has 9 heteroatoms. The first-order valence-corrected chi connectivity index (χ1v) is 9.66. The van der Waals surface area contributed by atoms with E-state index in [1.165, 1.54) is 12.1 Å². The van der Waals surface area contributed by atoms with Crippen LogP contribution in [0.1, 0.15) is 0 Å². The Balaban J connectivity index is 0.00000280. The molecule has 0 bridgehead atoms. The van der Waals surface area contributed by atoms with E-state index in [0.717, 1.165) is 17.8 Å². The minimum absolute atomic E-state index is 0. The lowest BCUT2D eigenvalue weighted by Crippen LogP contribution is -2.13. The summed E-state index contributed by atoms with van der Waals surface area (Å²) in [7, 11) is -3.80. The Hall–Kier alpha value is -2.84. The SMILES string of the molecule is Cl.O=S(=O)(Nc1cccc(OCCNc2ccncc2)c1)c1ccc(F)cc1. The summed E-state index contributed by atoms with van der Waals surface area (Å²) in [5.41, 5.74) is 1.30. The highest BCUT2D eigenvalue weighted by Crippen LogP contribution is 2.21. The van der Waals surface area contributed by atoms with Crippen molar-refractivity contribution in [1.29, 1.82) is 0 Å². The van der Waals surface area contributed by atoms with E-state index in [0.29, 0.717) is 24.6 Å². The van der Waals surface area contributed by atoms with Crippen molar-refractivity contribution in [1.82, 2.24) is 4.98 Å². The molecule has 0 atom stereocenters. The van der Waals surface area contributed by atoms with Crippen LogP contribution in [0.2, 0.25) is 0 Å². The van der Waals surface area contributed by atoms with E-state index in [1.54, 1.807) is 36.7 Å². The molecule has 0 aliphatic heterocycles. The van der Waals surface area contributed by atoms with Crippen LogP contribution in [0.4, 0.5) is 15.8 Å². The highest BCUT2D eigenvalue weighted by atomic mass is 35.5. The summed E-state index contributed by atoms with van der Waals surface area (Å²) in [5, 5.41) is 3.19. The zero-order valence-electron chi connectivity index (χ0n) is 14.7. The summed E-state index contributed by atoms with van der Waals surface area (Å²) in [6.45, 7) is 0.978. The smallest absolute Gasteiger partial charge is 0.261 e. The van der Waals surface area contributed by atoms with E-state index in [-0.39, 0.29) is 17.3 Å². The largest absolute Gasteiger partial charge is 0.492 e. The number of aromatic nitrogens is 1. The Morgan fingerprint density at radius 2 is 1.68 bits per heavy atom. The molecule has 0 aliphatic carbocycles. The fraction of sp³-hybridized carbons (Fsp3) is 0.105. The van der Waals surface area contributed by atoms with Crippen molar-refractivity contribution in [3.8, 4) is 5.75 Å². The van der Waals surface area contributed by atoms with Gasteiger partial charge in [-0.25, -0.2) is 12.8 Å². The molecule has 3 aromatic rings. The third-order valence-electron chi connectivity index (χ3n) is 3.59. The Morgan fingerprint density at radius 3 is 2.39 bits per heavy atom. The lowest BCUT2D eigenvalue weighted by molar-refractivity contribution is 0.333. The first kappa shape index (κ1) is 21.5. The molecule has 2 aromatic carbocycles. The maximum absolute atomic E-state index is 13.0. The Bertz CT molecular complexity index is 987. The molecule has 0 saturated carbocycles. The van der Waals surface area contributed by atoms with Gasteiger partial charge in [0.2, 0.25) is 0 Å². The van der Waals surface area contributed by atoms with Crippen LogP contribution in [0, 0.1) is 5.82 Å². The number of anilines is 2. The number of rotatable bonds is 8. The van der Waals surface area contributed by atoms with Gasteiger partial charge in [0.15, 0.2) is 0 Å². The molecule has 1 heterocycles. The molecule has 148 valence electrons. The number of benzene rings is 2. The van der Waals surface area contributed by atoms with E-state index in [4.69, 9.17) is 4.74 Å². The first-order chi connectivity index (χ1) is 13.0. The van der Waals surface area contributed by atoms with E-state index >= 15 is 0 Å². The van der Waals surface area contributed by atoms with Gasteiger partial charge in [-0.2, -0.15) is 0 Å². The summed E-state index contributed by atoms with van der Waals surface area (Å²) in [5.74, 6) is 0.0376. The van der Waals surface area contributed by atoms with Crippen molar-refractivity contribution in [2.24, 2.45) is 0 Å². The standard InChI is InChI=1S/C19H18FN3O3S.ClH/c20-15-4-6-19(7-5-15)27(24,25)23-17-2-1-3-18(14-17)26-13-12-22-16-8-10-21-11-9-16;/h1-11,14,23H,12-13H2,(H,21,22);1H. The van der Waals surface area contributed by atoms with Gasteiger partial charge in [-0.15, -0.1) is 12.4 Å². The number of sulfonamides is 1. The van der Waals surface area contributed by atoms with Gasteiger partial charge in [-0.3, -0.25) is 9.71 Å². The molecular formula is C19H19ClFN3O3S. The number of ether oxygens (including phenoxy) is 1. The van der Waals surface area contributed by atoms with Crippen LogP contribution in [0.15, 0.2) is 78.0 Å². The normalized spacial score (nSPS) is 10.6. The summed E-state index contributed by atoms with van der Waals surface area (Å²) in [4.78, 5) is 3.92. The van der Waals surface area contributed by atoms with Gasteiger partial charge in [0, 0.05) is 30.7 Å². The molecule has 0 amide bonds. The van der Waals surface area contributed by atoms with Crippen molar-refractivity contribution in [2.75, 3.05) is 23.2 Å². The number of pyridine rings is 1. The predicted octanol–water partition coefficient (Wildman–Crippen LogP) is 3.93. The summed E-state index contributed by atoms with van der Waals surface area (Å²) >= 11 is 0. The van der Waals surface area contributed by atoms with Gasteiger partial charge in [0.05, 0.1) is 10.6 Å². The first-order valence-electron chi connectivity index (χ1n) is 8.18. The second kappa shape index (κ2) is 9.91. The molecule has 6 nitrogen and oxygen atoms in total. The molecule has 0 saturated heterocycles. The minimum atomic E-state index is -3.80. The molecule has 2 N–H and O–H groups in total. The Labute approximate surface area is 169 Å². The third kappa shape index (κ3) is 6.11. The van der Waals surface area contributed by atoms with Crippen LogP contribution in [0.3, 0.4) is 0 Å². The second-order valence-electron chi connectivity index (χ2n) is 5.60. The average Bonchev–Trinajstić information content (AvgIpc) is 2.66. The second-order valence-corrected chi connectivity index (χ2v) is 7.28. The van der Waals surface area contributed by atoms with Crippen molar-refractivity contribution in [2.45, 2.75) is 4.90 Å². The summed E-state index contributed by atoms with van der Waals surface area (Å²) in [6.07, 6.45) is 3.39. The Kier molecular flexibility index (Phi) is 7.60. The molecule has 0 unspecified atom stereocenters. The monoisotopic (exact) mass is 423 g/mol.